The lowest BCUT2D eigenvalue weighted by Crippen LogP contribution is -2.48. The van der Waals surface area contributed by atoms with Crippen molar-refractivity contribution in [3.05, 3.63) is 53.1 Å². The molecule has 3 heterocycles. The molecule has 0 aliphatic carbocycles. The maximum absolute atomic E-state index is 13.5. The summed E-state index contributed by atoms with van der Waals surface area (Å²) in [6, 6.07) is 6.60. The molecular formula is C24H30F2N6O2. The average Bonchev–Trinajstić information content (AvgIpc) is 3.26. The highest BCUT2D eigenvalue weighted by Crippen LogP contribution is 2.31. The van der Waals surface area contributed by atoms with Crippen LogP contribution in [0.3, 0.4) is 0 Å². The number of alkyl halides is 2. The second-order valence-electron chi connectivity index (χ2n) is 9.30. The van der Waals surface area contributed by atoms with E-state index in [0.29, 0.717) is 30.0 Å². The molecule has 1 aliphatic heterocycles. The van der Waals surface area contributed by atoms with E-state index in [1.54, 1.807) is 11.0 Å². The van der Waals surface area contributed by atoms with Crippen molar-refractivity contribution in [1.29, 1.82) is 0 Å². The first-order valence-corrected chi connectivity index (χ1v) is 11.5. The van der Waals surface area contributed by atoms with Gasteiger partial charge in [-0.1, -0.05) is 13.8 Å². The molecule has 0 spiro atoms. The summed E-state index contributed by atoms with van der Waals surface area (Å²) in [5.41, 5.74) is 8.04. The van der Waals surface area contributed by atoms with Gasteiger partial charge < -0.3 is 15.4 Å². The fourth-order valence-corrected chi connectivity index (χ4v) is 4.30. The summed E-state index contributed by atoms with van der Waals surface area (Å²) < 4.78 is 34.3. The van der Waals surface area contributed by atoms with Crippen LogP contribution in [0.25, 0.3) is 5.78 Å². The number of carbonyl (C=O) groups excluding carboxylic acids is 1. The third-order valence-electron chi connectivity index (χ3n) is 6.07. The van der Waals surface area contributed by atoms with Gasteiger partial charge in [0.1, 0.15) is 17.8 Å². The van der Waals surface area contributed by atoms with E-state index in [2.05, 4.69) is 28.9 Å². The highest BCUT2D eigenvalue weighted by molar-refractivity contribution is 5.95. The third-order valence-corrected chi connectivity index (χ3v) is 6.07. The summed E-state index contributed by atoms with van der Waals surface area (Å²) in [6.07, 6.45) is -0.982. The van der Waals surface area contributed by atoms with E-state index in [1.165, 1.54) is 16.9 Å². The number of piperidine rings is 1. The first-order valence-electron chi connectivity index (χ1n) is 11.5. The molecule has 182 valence electrons. The van der Waals surface area contributed by atoms with E-state index >= 15 is 0 Å². The van der Waals surface area contributed by atoms with Gasteiger partial charge in [-0.3, -0.25) is 4.79 Å². The molecule has 4 rings (SSSR count). The van der Waals surface area contributed by atoms with Gasteiger partial charge in [0, 0.05) is 30.6 Å². The quantitative estimate of drug-likeness (QED) is 0.584. The molecule has 2 aromatic heterocycles. The monoisotopic (exact) mass is 472 g/mol. The van der Waals surface area contributed by atoms with E-state index < -0.39 is 12.3 Å². The lowest BCUT2D eigenvalue weighted by atomic mass is 9.89. The molecule has 34 heavy (non-hydrogen) atoms. The highest BCUT2D eigenvalue weighted by Gasteiger charge is 2.34. The standard InChI is InChI=1S/C24H30F2N6O2/c1-13(2)15-7-16(9-17(8-15)34-14(3)4)23(33)31-6-5-19(27)18(11-31)21-10-20(22(25)26)30-24-28-12-29-32(21)24/h7-10,12-14,18-19,22H,5-6,11,27H2,1-4H3/t18-,19?/m1/s1. The topological polar surface area (TPSA) is 98.6 Å². The van der Waals surface area contributed by atoms with Crippen LogP contribution in [0.1, 0.15) is 79.7 Å². The number of rotatable bonds is 6. The number of halogens is 2. The number of hydrogen-bond donors (Lipinski definition) is 1. The molecule has 1 saturated heterocycles. The Morgan fingerprint density at radius 1 is 1.18 bits per heavy atom. The van der Waals surface area contributed by atoms with Crippen molar-refractivity contribution < 1.29 is 18.3 Å². The van der Waals surface area contributed by atoms with Gasteiger partial charge >= 0.3 is 0 Å². The van der Waals surface area contributed by atoms with E-state index in [-0.39, 0.29) is 42.0 Å². The zero-order chi connectivity index (χ0) is 24.6. The minimum Gasteiger partial charge on any atom is -0.491 e. The van der Waals surface area contributed by atoms with Crippen LogP contribution in [0, 0.1) is 0 Å². The summed E-state index contributed by atoms with van der Waals surface area (Å²) in [4.78, 5) is 23.1. The molecule has 2 N–H and O–H groups in total. The van der Waals surface area contributed by atoms with Crippen LogP contribution < -0.4 is 10.5 Å². The van der Waals surface area contributed by atoms with Gasteiger partial charge in [0.15, 0.2) is 0 Å². The Bertz CT molecular complexity index is 1180. The van der Waals surface area contributed by atoms with Crippen LogP contribution in [0.5, 0.6) is 5.75 Å². The third kappa shape index (κ3) is 4.86. The smallest absolute Gasteiger partial charge is 0.280 e. The number of nitrogens with zero attached hydrogens (tertiary/aromatic N) is 5. The van der Waals surface area contributed by atoms with Gasteiger partial charge in [-0.25, -0.2) is 18.3 Å². The number of benzene rings is 1. The predicted octanol–water partition coefficient (Wildman–Crippen LogP) is 3.93. The van der Waals surface area contributed by atoms with Crippen molar-refractivity contribution in [3.63, 3.8) is 0 Å². The predicted molar refractivity (Wildman–Crippen MR) is 123 cm³/mol. The maximum Gasteiger partial charge on any atom is 0.280 e. The molecular weight excluding hydrogens is 442 g/mol. The van der Waals surface area contributed by atoms with Gasteiger partial charge in [0.25, 0.3) is 18.1 Å². The number of nitrogens with two attached hydrogens (primary N) is 1. The number of hydrogen-bond acceptors (Lipinski definition) is 6. The Kier molecular flexibility index (Phi) is 6.79. The minimum absolute atomic E-state index is 0.0245. The van der Waals surface area contributed by atoms with Gasteiger partial charge in [-0.15, -0.1) is 0 Å². The van der Waals surface area contributed by atoms with Crippen molar-refractivity contribution in [2.75, 3.05) is 13.1 Å². The summed E-state index contributed by atoms with van der Waals surface area (Å²) in [7, 11) is 0. The fourth-order valence-electron chi connectivity index (χ4n) is 4.30. The molecule has 3 aromatic rings. The molecule has 1 amide bonds. The fraction of sp³-hybridized carbons (Fsp3) is 0.500. The minimum atomic E-state index is -2.75. The molecule has 10 heteroatoms. The van der Waals surface area contributed by atoms with Crippen LogP contribution in [-0.2, 0) is 0 Å². The second-order valence-corrected chi connectivity index (χ2v) is 9.30. The lowest BCUT2D eigenvalue weighted by Gasteiger charge is -2.37. The van der Waals surface area contributed by atoms with Crippen molar-refractivity contribution in [2.24, 2.45) is 5.73 Å². The van der Waals surface area contributed by atoms with Crippen molar-refractivity contribution in [2.45, 2.75) is 64.5 Å². The summed E-state index contributed by atoms with van der Waals surface area (Å²) in [5, 5.41) is 4.15. The first-order chi connectivity index (χ1) is 16.1. The van der Waals surface area contributed by atoms with Crippen LogP contribution >= 0.6 is 0 Å². The van der Waals surface area contributed by atoms with Gasteiger partial charge in [-0.2, -0.15) is 10.1 Å². The number of aromatic nitrogens is 4. The normalized spacial score (nSPS) is 18.9. The van der Waals surface area contributed by atoms with Crippen LogP contribution in [0.15, 0.2) is 30.6 Å². The van der Waals surface area contributed by atoms with Crippen molar-refractivity contribution >= 4 is 11.7 Å². The molecule has 1 aromatic carbocycles. The zero-order valence-electron chi connectivity index (χ0n) is 19.8. The second kappa shape index (κ2) is 9.61. The Balaban J connectivity index is 1.67. The number of amides is 1. The molecule has 0 saturated carbocycles. The molecule has 1 aliphatic rings. The molecule has 1 unspecified atom stereocenters. The Morgan fingerprint density at radius 3 is 2.62 bits per heavy atom. The van der Waals surface area contributed by atoms with Gasteiger partial charge in [0.2, 0.25) is 0 Å². The first kappa shape index (κ1) is 24.0. The molecule has 8 nitrogen and oxygen atoms in total. The van der Waals surface area contributed by atoms with Crippen molar-refractivity contribution in [1.82, 2.24) is 24.5 Å². The Morgan fingerprint density at radius 2 is 1.94 bits per heavy atom. The molecule has 2 atom stereocenters. The van der Waals surface area contributed by atoms with E-state index in [9.17, 15) is 13.6 Å². The number of ether oxygens (including phenoxy) is 1. The van der Waals surface area contributed by atoms with Crippen LogP contribution in [0.2, 0.25) is 0 Å². The number of carbonyl (C=O) groups is 1. The van der Waals surface area contributed by atoms with E-state index in [1.807, 2.05) is 26.0 Å². The van der Waals surface area contributed by atoms with E-state index in [4.69, 9.17) is 10.5 Å². The zero-order valence-corrected chi connectivity index (χ0v) is 19.8. The molecule has 1 fully saturated rings. The Labute approximate surface area is 197 Å². The Hall–Kier alpha value is -3.14. The summed E-state index contributed by atoms with van der Waals surface area (Å²) >= 11 is 0. The van der Waals surface area contributed by atoms with Crippen LogP contribution in [0.4, 0.5) is 8.78 Å². The van der Waals surface area contributed by atoms with E-state index in [0.717, 1.165) is 5.56 Å². The average molecular weight is 473 g/mol. The summed E-state index contributed by atoms with van der Waals surface area (Å²) in [5.74, 6) is 0.404. The maximum atomic E-state index is 13.5. The lowest BCUT2D eigenvalue weighted by molar-refractivity contribution is 0.0690. The van der Waals surface area contributed by atoms with Crippen molar-refractivity contribution in [3.8, 4) is 5.75 Å². The largest absolute Gasteiger partial charge is 0.491 e. The van der Waals surface area contributed by atoms with Gasteiger partial charge in [0.05, 0.1) is 11.8 Å². The summed E-state index contributed by atoms with van der Waals surface area (Å²) in [6.45, 7) is 8.74. The molecule has 0 radical (unpaired) electrons. The number of likely N-dealkylation sites (tertiary alicyclic amines) is 1. The molecule has 0 bridgehead atoms. The van der Waals surface area contributed by atoms with Crippen LogP contribution in [-0.4, -0.2) is 55.6 Å². The number of fused-ring (bicyclic) bond motifs is 1. The van der Waals surface area contributed by atoms with Gasteiger partial charge in [-0.05, 0) is 56.0 Å². The highest BCUT2D eigenvalue weighted by atomic mass is 19.3. The SMILES string of the molecule is CC(C)Oc1cc(C(=O)N2CCC(N)[C@H](c3cc(C(F)F)nc4ncnn34)C2)cc(C(C)C)c1.